The molecule has 7 nitrogen and oxygen atoms in total. The van der Waals surface area contributed by atoms with Crippen LogP contribution in [0, 0.1) is 6.92 Å². The maximum atomic E-state index is 13.1. The van der Waals surface area contributed by atoms with Crippen molar-refractivity contribution in [1.29, 1.82) is 0 Å². The highest BCUT2D eigenvalue weighted by atomic mass is 16.6. The number of rotatable bonds is 4. The number of hydrogen-bond donors (Lipinski definition) is 0. The third-order valence-electron chi connectivity index (χ3n) is 3.99. The molecule has 1 aliphatic carbocycles. The normalized spacial score (nSPS) is 15.0. The van der Waals surface area contributed by atoms with Crippen LogP contribution in [0.2, 0.25) is 0 Å². The van der Waals surface area contributed by atoms with Gasteiger partial charge in [-0.2, -0.15) is 5.10 Å². The average Bonchev–Trinajstić information content (AvgIpc) is 3.29. The van der Waals surface area contributed by atoms with Gasteiger partial charge in [-0.05, 0) is 47.0 Å². The summed E-state index contributed by atoms with van der Waals surface area (Å²) in [5, 5.41) is 4.49. The Morgan fingerprint density at radius 1 is 1.42 bits per heavy atom. The molecule has 0 radical (unpaired) electrons. The first-order valence-electron chi connectivity index (χ1n) is 9.06. The second-order valence-electron chi connectivity index (χ2n) is 7.83. The van der Waals surface area contributed by atoms with Crippen LogP contribution in [0.1, 0.15) is 58.7 Å². The van der Waals surface area contributed by atoms with Crippen molar-refractivity contribution in [1.82, 2.24) is 14.7 Å². The van der Waals surface area contributed by atoms with Crippen LogP contribution in [0.4, 0.5) is 10.5 Å². The van der Waals surface area contributed by atoms with E-state index in [2.05, 4.69) is 16.7 Å². The van der Waals surface area contributed by atoms with Gasteiger partial charge in [-0.1, -0.05) is 13.5 Å². The van der Waals surface area contributed by atoms with Crippen LogP contribution in [0.25, 0.3) is 0 Å². The van der Waals surface area contributed by atoms with E-state index >= 15 is 0 Å². The third-order valence-corrected chi connectivity index (χ3v) is 3.99. The Labute approximate surface area is 156 Å². The molecule has 1 aromatic rings. The predicted molar refractivity (Wildman–Crippen MR) is 105 cm³/mol. The lowest BCUT2D eigenvalue weighted by molar-refractivity contribution is 0.0600. The summed E-state index contributed by atoms with van der Waals surface area (Å²) in [5.74, 6) is 0.463. The van der Waals surface area contributed by atoms with Crippen LogP contribution in [0.5, 0.6) is 0 Å². The monoisotopic (exact) mass is 361 g/mol. The Morgan fingerprint density at radius 2 is 2.04 bits per heavy atom. The maximum absolute atomic E-state index is 13.1. The van der Waals surface area contributed by atoms with Crippen molar-refractivity contribution in [2.24, 2.45) is 4.99 Å². The van der Waals surface area contributed by atoms with E-state index in [4.69, 9.17) is 4.74 Å². The molecule has 1 saturated carbocycles. The van der Waals surface area contributed by atoms with Crippen LogP contribution in [0.15, 0.2) is 23.5 Å². The van der Waals surface area contributed by atoms with Crippen molar-refractivity contribution in [3.8, 4) is 0 Å². The summed E-state index contributed by atoms with van der Waals surface area (Å²) in [6, 6.07) is 0.426. The molecule has 0 N–H and O–H groups in total. The molecule has 7 heteroatoms. The number of carbonyl (C=O) groups is 1. The number of guanidine groups is 1. The van der Waals surface area contributed by atoms with Crippen molar-refractivity contribution < 1.29 is 9.53 Å². The van der Waals surface area contributed by atoms with E-state index in [1.807, 2.05) is 53.4 Å². The van der Waals surface area contributed by atoms with E-state index in [0.717, 1.165) is 18.5 Å². The fourth-order valence-corrected chi connectivity index (χ4v) is 2.49. The number of hydrogen-bond acceptors (Lipinski definition) is 4. The lowest BCUT2D eigenvalue weighted by Gasteiger charge is -2.30. The zero-order valence-electron chi connectivity index (χ0n) is 17.0. The molecule has 1 fully saturated rings. The number of ether oxygens (including phenoxy) is 1. The van der Waals surface area contributed by atoms with Crippen LogP contribution in [0.3, 0.4) is 0 Å². The van der Waals surface area contributed by atoms with Gasteiger partial charge in [0.2, 0.25) is 5.96 Å². The minimum Gasteiger partial charge on any atom is -0.443 e. The summed E-state index contributed by atoms with van der Waals surface area (Å²) < 4.78 is 7.63. The molecule has 0 bridgehead atoms. The van der Waals surface area contributed by atoms with Crippen molar-refractivity contribution in [2.75, 3.05) is 19.0 Å². The molecule has 1 amide bonds. The fraction of sp³-hybridized carbons (Fsp3) is 0.632. The fourth-order valence-electron chi connectivity index (χ4n) is 2.49. The lowest BCUT2D eigenvalue weighted by atomic mass is 10.2. The molecule has 0 saturated heterocycles. The summed E-state index contributed by atoms with van der Waals surface area (Å²) in [5.41, 5.74) is 1.68. The number of aliphatic imine (C=N–C) groups is 1. The van der Waals surface area contributed by atoms with Crippen LogP contribution in [-0.2, 0) is 4.74 Å². The summed E-state index contributed by atoms with van der Waals surface area (Å²) in [6.45, 7) is 13.5. The van der Waals surface area contributed by atoms with Crippen LogP contribution < -0.4 is 4.90 Å². The molecule has 26 heavy (non-hydrogen) atoms. The minimum atomic E-state index is -0.616. The quantitative estimate of drug-likeness (QED) is 0.598. The number of allylic oxidation sites excluding steroid dienone is 1. The lowest BCUT2D eigenvalue weighted by Crippen LogP contribution is -2.47. The van der Waals surface area contributed by atoms with Gasteiger partial charge in [0.1, 0.15) is 5.60 Å². The number of anilines is 1. The number of nitrogens with zero attached hydrogens (tertiary/aromatic N) is 5. The maximum Gasteiger partial charge on any atom is 0.421 e. The molecule has 0 aliphatic heterocycles. The second-order valence-corrected chi connectivity index (χ2v) is 7.83. The summed E-state index contributed by atoms with van der Waals surface area (Å²) in [7, 11) is 3.69. The topological polar surface area (TPSA) is 63.0 Å². The molecule has 0 aromatic carbocycles. The van der Waals surface area contributed by atoms with Gasteiger partial charge in [-0.25, -0.2) is 14.7 Å². The summed E-state index contributed by atoms with van der Waals surface area (Å²) in [6.07, 6.45) is 4.17. The van der Waals surface area contributed by atoms with E-state index < -0.39 is 11.7 Å². The first-order valence-corrected chi connectivity index (χ1v) is 9.06. The molecule has 0 unspecified atom stereocenters. The third kappa shape index (κ3) is 4.65. The van der Waals surface area contributed by atoms with Gasteiger partial charge < -0.3 is 9.64 Å². The molecular formula is C19H31N5O2. The van der Waals surface area contributed by atoms with E-state index in [1.54, 1.807) is 11.1 Å². The average molecular weight is 361 g/mol. The molecule has 0 spiro atoms. The van der Waals surface area contributed by atoms with Gasteiger partial charge in [0.05, 0.1) is 23.6 Å². The van der Waals surface area contributed by atoms with Crippen molar-refractivity contribution in [3.05, 3.63) is 24.2 Å². The molecule has 0 atom stereocenters. The standard InChI is InChI=1S/C19H31N5O2/c1-9-13(2)21-17(22(7)8)23(18(25)26-19(4,5)6)16-12-20-24(14(16)3)15-10-11-15/h12,15H,2,9-11H2,1,3-8H3. The first-order chi connectivity index (χ1) is 12.0. The van der Waals surface area contributed by atoms with Crippen molar-refractivity contribution in [3.63, 3.8) is 0 Å². The zero-order chi connectivity index (χ0) is 19.6. The van der Waals surface area contributed by atoms with Gasteiger partial charge in [0.15, 0.2) is 0 Å². The highest BCUT2D eigenvalue weighted by Gasteiger charge is 2.34. The van der Waals surface area contributed by atoms with E-state index in [0.29, 0.717) is 29.8 Å². The van der Waals surface area contributed by atoms with Crippen LogP contribution in [-0.4, -0.2) is 46.4 Å². The van der Waals surface area contributed by atoms with E-state index in [9.17, 15) is 4.79 Å². The highest BCUT2D eigenvalue weighted by Crippen LogP contribution is 2.37. The Bertz CT molecular complexity index is 708. The molecule has 144 valence electrons. The molecule has 1 aromatic heterocycles. The zero-order valence-corrected chi connectivity index (χ0v) is 17.0. The number of aromatic nitrogens is 2. The first kappa shape index (κ1) is 20.0. The Hall–Kier alpha value is -2.31. The summed E-state index contributed by atoms with van der Waals surface area (Å²) >= 11 is 0. The second kappa shape index (κ2) is 7.51. The van der Waals surface area contributed by atoms with Gasteiger partial charge in [-0.3, -0.25) is 4.68 Å². The smallest absolute Gasteiger partial charge is 0.421 e. The number of carbonyl (C=O) groups excluding carboxylic acids is 1. The molecule has 1 heterocycles. The minimum absolute atomic E-state index is 0.426. The van der Waals surface area contributed by atoms with Gasteiger partial charge in [0, 0.05) is 19.8 Å². The number of amides is 1. The van der Waals surface area contributed by atoms with Crippen LogP contribution >= 0.6 is 0 Å². The van der Waals surface area contributed by atoms with E-state index in [-0.39, 0.29) is 0 Å². The van der Waals surface area contributed by atoms with Gasteiger partial charge in [0.25, 0.3) is 0 Å². The summed E-state index contributed by atoms with van der Waals surface area (Å²) in [4.78, 5) is 20.9. The molecule has 1 aliphatic rings. The van der Waals surface area contributed by atoms with Gasteiger partial charge >= 0.3 is 6.09 Å². The van der Waals surface area contributed by atoms with E-state index in [1.165, 1.54) is 4.90 Å². The SMILES string of the molecule is C=C(CC)N=C(N(C)C)N(C(=O)OC(C)(C)C)c1cnn(C2CC2)c1C. The van der Waals surface area contributed by atoms with Gasteiger partial charge in [-0.15, -0.1) is 0 Å². The highest BCUT2D eigenvalue weighted by molar-refractivity contribution is 6.14. The molecular weight excluding hydrogens is 330 g/mol. The Kier molecular flexibility index (Phi) is 5.78. The predicted octanol–water partition coefficient (Wildman–Crippen LogP) is 4.11. The van der Waals surface area contributed by atoms with Crippen molar-refractivity contribution >= 4 is 17.7 Å². The molecule has 2 rings (SSSR count). The van der Waals surface area contributed by atoms with Crippen molar-refractivity contribution in [2.45, 2.75) is 65.5 Å². The Morgan fingerprint density at radius 3 is 2.50 bits per heavy atom. The largest absolute Gasteiger partial charge is 0.443 e. The Balaban J connectivity index is 2.52.